The van der Waals surface area contributed by atoms with Gasteiger partial charge in [0.05, 0.1) is 0 Å². The lowest BCUT2D eigenvalue weighted by atomic mass is 10.3. The smallest absolute Gasteiger partial charge is 0.410 e. The van der Waals surface area contributed by atoms with Crippen LogP contribution in [-0.4, -0.2) is 29.3 Å². The fourth-order valence-corrected chi connectivity index (χ4v) is 2.05. The van der Waals surface area contributed by atoms with Crippen LogP contribution in [0.3, 0.4) is 0 Å². The first-order chi connectivity index (χ1) is 10.6. The van der Waals surface area contributed by atoms with Gasteiger partial charge >= 0.3 is 6.09 Å². The van der Waals surface area contributed by atoms with Crippen LogP contribution < -0.4 is 10.1 Å². The van der Waals surface area contributed by atoms with Gasteiger partial charge in [0.15, 0.2) is 0 Å². The first-order valence-corrected chi connectivity index (χ1v) is 8.08. The molecule has 1 rings (SSSR count). The van der Waals surface area contributed by atoms with Crippen molar-refractivity contribution in [3.63, 3.8) is 0 Å². The molecule has 122 valence electrons. The Hall–Kier alpha value is -1.69. The predicted molar refractivity (Wildman–Crippen MR) is 91.9 cm³/mol. The summed E-state index contributed by atoms with van der Waals surface area (Å²) in [6.07, 6.45) is 3.61. The second-order valence-electron chi connectivity index (χ2n) is 5.02. The summed E-state index contributed by atoms with van der Waals surface area (Å²) in [4.78, 5) is 24.9. The quantitative estimate of drug-likeness (QED) is 0.690. The van der Waals surface area contributed by atoms with Gasteiger partial charge < -0.3 is 15.0 Å². The molecule has 0 spiro atoms. The lowest BCUT2D eigenvalue weighted by molar-refractivity contribution is 0.150. The number of nitrogens with zero attached hydrogens (tertiary/aromatic N) is 1. The number of benzene rings is 1. The van der Waals surface area contributed by atoms with Crippen molar-refractivity contribution < 1.29 is 14.3 Å². The van der Waals surface area contributed by atoms with Crippen LogP contribution >= 0.6 is 12.6 Å². The predicted octanol–water partition coefficient (Wildman–Crippen LogP) is 4.55. The Labute approximate surface area is 137 Å². The van der Waals surface area contributed by atoms with Crippen molar-refractivity contribution in [1.82, 2.24) is 4.90 Å². The molecule has 0 saturated heterocycles. The highest BCUT2D eigenvalue weighted by atomic mass is 32.1. The first kappa shape index (κ1) is 18.4. The minimum Gasteiger partial charge on any atom is -0.410 e. The molecule has 0 unspecified atom stereocenters. The van der Waals surface area contributed by atoms with Crippen LogP contribution in [0.25, 0.3) is 0 Å². The number of carbonyl (C=O) groups excluding carboxylic acids is 2. The summed E-state index contributed by atoms with van der Waals surface area (Å²) >= 11 is 3.66. The molecule has 1 aromatic rings. The molecule has 6 heteroatoms. The molecule has 0 heterocycles. The van der Waals surface area contributed by atoms with Gasteiger partial charge in [-0.1, -0.05) is 45.4 Å². The number of anilines is 1. The molecule has 0 fully saturated rings. The third-order valence-corrected chi connectivity index (χ3v) is 3.22. The van der Waals surface area contributed by atoms with Crippen molar-refractivity contribution in [3.05, 3.63) is 24.3 Å². The van der Waals surface area contributed by atoms with Gasteiger partial charge in [0.25, 0.3) is 5.24 Å². The number of unbranched alkanes of at least 4 members (excludes halogenated alkanes) is 2. The molecule has 0 aliphatic carbocycles. The Kier molecular flexibility index (Phi) is 8.43. The van der Waals surface area contributed by atoms with Gasteiger partial charge in [-0.2, -0.15) is 0 Å². The molecule has 1 N–H and O–H groups in total. The van der Waals surface area contributed by atoms with Crippen molar-refractivity contribution in [2.75, 3.05) is 18.4 Å². The number of thiol groups is 1. The van der Waals surface area contributed by atoms with Crippen LogP contribution in [0.4, 0.5) is 15.3 Å². The van der Waals surface area contributed by atoms with Crippen molar-refractivity contribution >= 4 is 29.6 Å². The minimum absolute atomic E-state index is 0.351. The molecule has 0 bridgehead atoms. The molecule has 5 nitrogen and oxygen atoms in total. The van der Waals surface area contributed by atoms with Gasteiger partial charge in [0, 0.05) is 24.8 Å². The standard InChI is InChI=1S/C16H24N2O3S/c1-3-5-10-18(11-6-4-2)16(20)21-14-9-7-8-13(12-14)17-15(19)22/h7-9,12H,3-6,10-11H2,1-2H3,(H2,17,19,22). The zero-order chi connectivity index (χ0) is 16.4. The molecule has 0 saturated carbocycles. The molecule has 0 aliphatic rings. The van der Waals surface area contributed by atoms with E-state index in [0.717, 1.165) is 25.7 Å². The summed E-state index contributed by atoms with van der Waals surface area (Å²) in [6, 6.07) is 6.70. The second-order valence-corrected chi connectivity index (χ2v) is 5.43. The van der Waals surface area contributed by atoms with E-state index in [-0.39, 0.29) is 6.09 Å². The number of hydrogen-bond donors (Lipinski definition) is 2. The molecular formula is C16H24N2O3S. The van der Waals surface area contributed by atoms with Gasteiger partial charge in [0.1, 0.15) is 5.75 Å². The van der Waals surface area contributed by atoms with E-state index in [2.05, 4.69) is 31.8 Å². The summed E-state index contributed by atoms with van der Waals surface area (Å²) in [7, 11) is 0. The highest BCUT2D eigenvalue weighted by Crippen LogP contribution is 2.19. The molecule has 22 heavy (non-hydrogen) atoms. The average molecular weight is 324 g/mol. The lowest BCUT2D eigenvalue weighted by Gasteiger charge is -2.21. The summed E-state index contributed by atoms with van der Waals surface area (Å²) < 4.78 is 5.40. The Bertz CT molecular complexity index is 486. The molecule has 0 radical (unpaired) electrons. The number of nitrogens with one attached hydrogen (secondary N) is 1. The second kappa shape index (κ2) is 10.1. The highest BCUT2D eigenvalue weighted by molar-refractivity contribution is 7.96. The molecule has 1 aromatic carbocycles. The zero-order valence-electron chi connectivity index (χ0n) is 13.2. The van der Waals surface area contributed by atoms with Gasteiger partial charge in [-0.05, 0) is 25.0 Å². The maximum atomic E-state index is 12.3. The van der Waals surface area contributed by atoms with Crippen molar-refractivity contribution in [2.24, 2.45) is 0 Å². The van der Waals surface area contributed by atoms with Crippen LogP contribution in [0.1, 0.15) is 39.5 Å². The van der Waals surface area contributed by atoms with Crippen LogP contribution in [0.5, 0.6) is 5.75 Å². The Morgan fingerprint density at radius 2 is 1.82 bits per heavy atom. The molecule has 2 amide bonds. The molecular weight excluding hydrogens is 300 g/mol. The summed E-state index contributed by atoms with van der Waals surface area (Å²) in [5.41, 5.74) is 0.541. The van der Waals surface area contributed by atoms with Gasteiger partial charge in [0.2, 0.25) is 0 Å². The van der Waals surface area contributed by atoms with Crippen molar-refractivity contribution in [3.8, 4) is 5.75 Å². The Morgan fingerprint density at radius 3 is 2.36 bits per heavy atom. The summed E-state index contributed by atoms with van der Waals surface area (Å²) in [5, 5.41) is 2.07. The van der Waals surface area contributed by atoms with Crippen molar-refractivity contribution in [1.29, 1.82) is 0 Å². The fourth-order valence-electron chi connectivity index (χ4n) is 1.92. The van der Waals surface area contributed by atoms with E-state index in [1.165, 1.54) is 0 Å². The number of ether oxygens (including phenoxy) is 1. The summed E-state index contributed by atoms with van der Waals surface area (Å²) in [6.45, 7) is 5.57. The maximum absolute atomic E-state index is 12.3. The Balaban J connectivity index is 2.68. The minimum atomic E-state index is -0.462. The average Bonchev–Trinajstić information content (AvgIpc) is 2.47. The van der Waals surface area contributed by atoms with Crippen LogP contribution in [-0.2, 0) is 0 Å². The molecule has 0 aromatic heterocycles. The number of amides is 2. The number of carbonyl (C=O) groups is 2. The number of rotatable bonds is 8. The third-order valence-electron chi connectivity index (χ3n) is 3.11. The van der Waals surface area contributed by atoms with E-state index >= 15 is 0 Å². The largest absolute Gasteiger partial charge is 0.415 e. The zero-order valence-corrected chi connectivity index (χ0v) is 14.1. The molecule has 0 atom stereocenters. The van der Waals surface area contributed by atoms with Crippen LogP contribution in [0.15, 0.2) is 24.3 Å². The van der Waals surface area contributed by atoms with E-state index < -0.39 is 5.24 Å². The first-order valence-electron chi connectivity index (χ1n) is 7.63. The Morgan fingerprint density at radius 1 is 1.18 bits per heavy atom. The maximum Gasteiger partial charge on any atom is 0.415 e. The van der Waals surface area contributed by atoms with Crippen LogP contribution in [0, 0.1) is 0 Å². The van der Waals surface area contributed by atoms with E-state index in [4.69, 9.17) is 4.74 Å². The van der Waals surface area contributed by atoms with E-state index in [1.54, 1.807) is 29.2 Å². The van der Waals surface area contributed by atoms with E-state index in [0.29, 0.717) is 24.5 Å². The van der Waals surface area contributed by atoms with Crippen LogP contribution in [0.2, 0.25) is 0 Å². The summed E-state index contributed by atoms with van der Waals surface area (Å²) in [5.74, 6) is 0.405. The van der Waals surface area contributed by atoms with Gasteiger partial charge in [-0.15, -0.1) is 0 Å². The van der Waals surface area contributed by atoms with E-state index in [9.17, 15) is 9.59 Å². The van der Waals surface area contributed by atoms with Gasteiger partial charge in [-0.25, -0.2) is 4.79 Å². The fraction of sp³-hybridized carbons (Fsp3) is 0.500. The normalized spacial score (nSPS) is 10.1. The third kappa shape index (κ3) is 6.85. The monoisotopic (exact) mass is 324 g/mol. The van der Waals surface area contributed by atoms with Crippen molar-refractivity contribution in [2.45, 2.75) is 39.5 Å². The number of hydrogen-bond acceptors (Lipinski definition) is 3. The van der Waals surface area contributed by atoms with Gasteiger partial charge in [-0.3, -0.25) is 4.79 Å². The molecule has 0 aliphatic heterocycles. The lowest BCUT2D eigenvalue weighted by Crippen LogP contribution is -2.35. The SMILES string of the molecule is CCCCN(CCCC)C(=O)Oc1cccc(NC(=O)S)c1. The highest BCUT2D eigenvalue weighted by Gasteiger charge is 2.15. The van der Waals surface area contributed by atoms with E-state index in [1.807, 2.05) is 0 Å². The topological polar surface area (TPSA) is 58.6 Å².